The summed E-state index contributed by atoms with van der Waals surface area (Å²) in [5, 5.41) is 9.71. The van der Waals surface area contributed by atoms with Gasteiger partial charge in [-0.1, -0.05) is 6.92 Å². The van der Waals surface area contributed by atoms with Crippen molar-refractivity contribution < 1.29 is 9.84 Å². The third kappa shape index (κ3) is 3.00. The highest BCUT2D eigenvalue weighted by molar-refractivity contribution is 5.45. The molecule has 4 heteroatoms. The van der Waals surface area contributed by atoms with Crippen LogP contribution >= 0.6 is 0 Å². The van der Waals surface area contributed by atoms with Crippen molar-refractivity contribution in [3.05, 3.63) is 24.0 Å². The molecule has 4 nitrogen and oxygen atoms in total. The first-order valence-corrected chi connectivity index (χ1v) is 6.67. The summed E-state index contributed by atoms with van der Waals surface area (Å²) in [5.41, 5.74) is 1.86. The van der Waals surface area contributed by atoms with Crippen LogP contribution in [0, 0.1) is 0 Å². The van der Waals surface area contributed by atoms with E-state index in [2.05, 4.69) is 16.9 Å². The molecule has 2 rings (SSSR count). The molecular weight excluding hydrogens is 228 g/mol. The fraction of sp³-hybridized carbons (Fsp3) is 0.643. The molecule has 0 aromatic carbocycles. The first-order chi connectivity index (χ1) is 8.72. The lowest BCUT2D eigenvalue weighted by Crippen LogP contribution is -2.36. The topological polar surface area (TPSA) is 45.6 Å². The lowest BCUT2D eigenvalue weighted by Gasteiger charge is -2.32. The molecule has 100 valence electrons. The fourth-order valence-corrected chi connectivity index (χ4v) is 2.30. The van der Waals surface area contributed by atoms with E-state index < -0.39 is 6.10 Å². The van der Waals surface area contributed by atoms with E-state index in [-0.39, 0.29) is 0 Å². The summed E-state index contributed by atoms with van der Waals surface area (Å²) in [6, 6.07) is 4.48. The number of pyridine rings is 1. The fourth-order valence-electron chi connectivity index (χ4n) is 2.30. The molecule has 1 aromatic heterocycles. The van der Waals surface area contributed by atoms with Crippen LogP contribution in [-0.4, -0.2) is 36.4 Å². The largest absolute Gasteiger partial charge is 0.387 e. The standard InChI is InChI=1S/C14H22N2O2/c1-3-14(17)13-5-4-12(10-15-13)16(2)11-6-8-18-9-7-11/h4-5,10-11,14,17H,3,6-9H2,1-2H3/t14-/m0/s1. The van der Waals surface area contributed by atoms with Crippen molar-refractivity contribution in [1.82, 2.24) is 4.98 Å². The van der Waals surface area contributed by atoms with Gasteiger partial charge in [-0.3, -0.25) is 4.98 Å². The van der Waals surface area contributed by atoms with Crippen molar-refractivity contribution in [3.63, 3.8) is 0 Å². The molecule has 0 unspecified atom stereocenters. The molecule has 0 bridgehead atoms. The zero-order chi connectivity index (χ0) is 13.0. The molecule has 1 saturated heterocycles. The quantitative estimate of drug-likeness (QED) is 0.889. The van der Waals surface area contributed by atoms with Gasteiger partial charge < -0.3 is 14.7 Å². The molecule has 1 aliphatic rings. The van der Waals surface area contributed by atoms with Gasteiger partial charge in [0.25, 0.3) is 0 Å². The van der Waals surface area contributed by atoms with Gasteiger partial charge in [-0.2, -0.15) is 0 Å². The molecule has 1 fully saturated rings. The number of aromatic nitrogens is 1. The van der Waals surface area contributed by atoms with Gasteiger partial charge in [0.2, 0.25) is 0 Å². The minimum atomic E-state index is -0.451. The summed E-state index contributed by atoms with van der Waals surface area (Å²) in [7, 11) is 2.10. The van der Waals surface area contributed by atoms with E-state index in [0.29, 0.717) is 12.5 Å². The summed E-state index contributed by atoms with van der Waals surface area (Å²) >= 11 is 0. The molecule has 1 atom stereocenters. The Bertz CT molecular complexity index is 361. The van der Waals surface area contributed by atoms with Crippen LogP contribution in [-0.2, 0) is 4.74 Å². The van der Waals surface area contributed by atoms with E-state index in [4.69, 9.17) is 4.74 Å². The van der Waals surface area contributed by atoms with Crippen LogP contribution in [0.4, 0.5) is 5.69 Å². The summed E-state index contributed by atoms with van der Waals surface area (Å²) < 4.78 is 5.38. The lowest BCUT2D eigenvalue weighted by molar-refractivity contribution is 0.0855. The Kier molecular flexibility index (Phi) is 4.55. The van der Waals surface area contributed by atoms with Crippen LogP contribution < -0.4 is 4.90 Å². The summed E-state index contributed by atoms with van der Waals surface area (Å²) in [6.07, 6.45) is 4.23. The second kappa shape index (κ2) is 6.16. The lowest BCUT2D eigenvalue weighted by atomic mass is 10.1. The smallest absolute Gasteiger partial charge is 0.0957 e. The second-order valence-corrected chi connectivity index (χ2v) is 4.82. The summed E-state index contributed by atoms with van der Waals surface area (Å²) in [6.45, 7) is 3.64. The Hall–Kier alpha value is -1.13. The van der Waals surface area contributed by atoms with Crippen LogP contribution in [0.15, 0.2) is 18.3 Å². The molecule has 0 radical (unpaired) electrons. The predicted octanol–water partition coefficient (Wildman–Crippen LogP) is 2.14. The van der Waals surface area contributed by atoms with E-state index >= 15 is 0 Å². The second-order valence-electron chi connectivity index (χ2n) is 4.82. The first-order valence-electron chi connectivity index (χ1n) is 6.67. The molecule has 1 aromatic rings. The summed E-state index contributed by atoms with van der Waals surface area (Å²) in [5.74, 6) is 0. The summed E-state index contributed by atoms with van der Waals surface area (Å²) in [4.78, 5) is 6.60. The molecule has 2 heterocycles. The minimum Gasteiger partial charge on any atom is -0.387 e. The Morgan fingerprint density at radius 2 is 2.17 bits per heavy atom. The molecule has 0 aliphatic carbocycles. The van der Waals surface area contributed by atoms with Crippen LogP contribution in [0.5, 0.6) is 0 Å². The third-order valence-electron chi connectivity index (χ3n) is 3.64. The van der Waals surface area contributed by atoms with Crippen molar-refractivity contribution in [3.8, 4) is 0 Å². The highest BCUT2D eigenvalue weighted by Crippen LogP contribution is 2.22. The highest BCUT2D eigenvalue weighted by Gasteiger charge is 2.19. The highest BCUT2D eigenvalue weighted by atomic mass is 16.5. The van der Waals surface area contributed by atoms with Crippen molar-refractivity contribution in [2.24, 2.45) is 0 Å². The van der Waals surface area contributed by atoms with E-state index in [0.717, 1.165) is 37.4 Å². The number of aliphatic hydroxyl groups excluding tert-OH is 1. The molecule has 0 amide bonds. The molecule has 18 heavy (non-hydrogen) atoms. The molecule has 0 saturated carbocycles. The van der Waals surface area contributed by atoms with Crippen LogP contribution in [0.3, 0.4) is 0 Å². The Balaban J connectivity index is 2.03. The van der Waals surface area contributed by atoms with Crippen molar-refractivity contribution in [2.45, 2.75) is 38.3 Å². The average Bonchev–Trinajstić information content (AvgIpc) is 2.47. The van der Waals surface area contributed by atoms with E-state index in [9.17, 15) is 5.11 Å². The van der Waals surface area contributed by atoms with Gasteiger partial charge in [0.05, 0.1) is 23.7 Å². The van der Waals surface area contributed by atoms with E-state index in [1.54, 1.807) is 0 Å². The maximum atomic E-state index is 9.71. The molecular formula is C14H22N2O2. The van der Waals surface area contributed by atoms with Crippen molar-refractivity contribution in [1.29, 1.82) is 0 Å². The monoisotopic (exact) mass is 250 g/mol. The number of nitrogens with zero attached hydrogens (tertiary/aromatic N) is 2. The maximum absolute atomic E-state index is 9.71. The normalized spacial score (nSPS) is 18.6. The van der Waals surface area contributed by atoms with Gasteiger partial charge in [0.1, 0.15) is 0 Å². The van der Waals surface area contributed by atoms with Gasteiger partial charge >= 0.3 is 0 Å². The number of rotatable bonds is 4. The Labute approximate surface area is 109 Å². The Morgan fingerprint density at radius 1 is 1.44 bits per heavy atom. The van der Waals surface area contributed by atoms with Crippen LogP contribution in [0.1, 0.15) is 38.0 Å². The van der Waals surface area contributed by atoms with Gasteiger partial charge in [-0.15, -0.1) is 0 Å². The molecule has 1 aliphatic heterocycles. The van der Waals surface area contributed by atoms with Gasteiger partial charge in [0.15, 0.2) is 0 Å². The predicted molar refractivity (Wildman–Crippen MR) is 71.7 cm³/mol. The molecule has 1 N–H and O–H groups in total. The van der Waals surface area contributed by atoms with Gasteiger partial charge in [-0.05, 0) is 31.4 Å². The average molecular weight is 250 g/mol. The number of hydrogen-bond donors (Lipinski definition) is 1. The van der Waals surface area contributed by atoms with Crippen molar-refractivity contribution in [2.75, 3.05) is 25.2 Å². The molecule has 0 spiro atoms. The van der Waals surface area contributed by atoms with Crippen molar-refractivity contribution >= 4 is 5.69 Å². The van der Waals surface area contributed by atoms with Gasteiger partial charge in [-0.25, -0.2) is 0 Å². The minimum absolute atomic E-state index is 0.451. The maximum Gasteiger partial charge on any atom is 0.0957 e. The number of aliphatic hydroxyl groups is 1. The zero-order valence-electron chi connectivity index (χ0n) is 11.2. The Morgan fingerprint density at radius 3 is 2.72 bits per heavy atom. The number of hydrogen-bond acceptors (Lipinski definition) is 4. The zero-order valence-corrected chi connectivity index (χ0v) is 11.2. The van der Waals surface area contributed by atoms with Crippen LogP contribution in [0.25, 0.3) is 0 Å². The van der Waals surface area contributed by atoms with E-state index in [1.807, 2.05) is 25.3 Å². The third-order valence-corrected chi connectivity index (χ3v) is 3.64. The first kappa shape index (κ1) is 13.3. The number of anilines is 1. The SMILES string of the molecule is CC[C@H](O)c1ccc(N(C)C2CCOCC2)cn1. The van der Waals surface area contributed by atoms with Crippen LogP contribution in [0.2, 0.25) is 0 Å². The van der Waals surface area contributed by atoms with Gasteiger partial charge in [0, 0.05) is 26.3 Å². The van der Waals surface area contributed by atoms with E-state index in [1.165, 1.54) is 0 Å². The number of ether oxygens (including phenoxy) is 1.